The Morgan fingerprint density at radius 3 is 2.84 bits per heavy atom. The van der Waals surface area contributed by atoms with Crippen molar-refractivity contribution in [2.45, 2.75) is 32.2 Å². The highest BCUT2D eigenvalue weighted by Gasteiger charge is 2.12. The lowest BCUT2D eigenvalue weighted by Crippen LogP contribution is -2.38. The van der Waals surface area contributed by atoms with E-state index in [1.165, 1.54) is 0 Å². The fourth-order valence-corrected chi connectivity index (χ4v) is 1.72. The monoisotopic (exact) mass is 265 g/mol. The Morgan fingerprint density at radius 1 is 1.53 bits per heavy atom. The molecule has 0 aliphatic carbocycles. The van der Waals surface area contributed by atoms with Crippen molar-refractivity contribution in [3.8, 4) is 5.75 Å². The van der Waals surface area contributed by atoms with Crippen molar-refractivity contribution in [2.24, 2.45) is 10.9 Å². The molecule has 0 aliphatic heterocycles. The largest absolute Gasteiger partial charge is 0.508 e. The molecule has 0 saturated carbocycles. The van der Waals surface area contributed by atoms with Crippen LogP contribution in [0.2, 0.25) is 0 Å². The molecule has 5 N–H and O–H groups in total. The molecule has 1 unspecified atom stereocenters. The Balaban J connectivity index is 2.54. The van der Waals surface area contributed by atoms with E-state index >= 15 is 0 Å². The number of phenolic OH excluding ortho intramolecular Hbond substituents is 1. The van der Waals surface area contributed by atoms with E-state index < -0.39 is 0 Å². The van der Waals surface area contributed by atoms with Crippen LogP contribution in [0.1, 0.15) is 25.3 Å². The summed E-state index contributed by atoms with van der Waals surface area (Å²) in [4.78, 5) is 11.8. The van der Waals surface area contributed by atoms with Crippen LogP contribution < -0.4 is 11.1 Å². The molecule has 0 aliphatic rings. The first-order chi connectivity index (χ1) is 9.05. The summed E-state index contributed by atoms with van der Waals surface area (Å²) in [7, 11) is 0. The zero-order valence-corrected chi connectivity index (χ0v) is 10.8. The Bertz CT molecular complexity index is 460. The van der Waals surface area contributed by atoms with E-state index in [2.05, 4.69) is 10.5 Å². The summed E-state index contributed by atoms with van der Waals surface area (Å²) in [6, 6.07) is 6.38. The molecule has 6 nitrogen and oxygen atoms in total. The summed E-state index contributed by atoms with van der Waals surface area (Å²) < 4.78 is 0. The van der Waals surface area contributed by atoms with Gasteiger partial charge in [-0.25, -0.2) is 0 Å². The van der Waals surface area contributed by atoms with Gasteiger partial charge in [0.15, 0.2) is 0 Å². The van der Waals surface area contributed by atoms with E-state index in [1.807, 2.05) is 6.92 Å². The van der Waals surface area contributed by atoms with Gasteiger partial charge >= 0.3 is 0 Å². The topological polar surface area (TPSA) is 108 Å². The van der Waals surface area contributed by atoms with Gasteiger partial charge in [0.2, 0.25) is 5.91 Å². The quantitative estimate of drug-likeness (QED) is 0.266. The van der Waals surface area contributed by atoms with Crippen molar-refractivity contribution in [3.05, 3.63) is 29.8 Å². The second-order valence-electron chi connectivity index (χ2n) is 4.31. The summed E-state index contributed by atoms with van der Waals surface area (Å²) in [6.45, 7) is 1.91. The van der Waals surface area contributed by atoms with Gasteiger partial charge in [0.25, 0.3) is 0 Å². The first-order valence-corrected chi connectivity index (χ1v) is 6.08. The molecule has 0 bridgehead atoms. The molecule has 1 amide bonds. The average molecular weight is 265 g/mol. The SMILES string of the molecule is CCC(CC(N)=NO)NC(=O)Cc1cccc(O)c1. The number of oxime groups is 1. The Hall–Kier alpha value is -2.24. The molecule has 0 fully saturated rings. The molecule has 0 spiro atoms. The van der Waals surface area contributed by atoms with Crippen molar-refractivity contribution in [1.29, 1.82) is 0 Å². The van der Waals surface area contributed by atoms with Gasteiger partial charge in [0.05, 0.1) is 6.42 Å². The summed E-state index contributed by atoms with van der Waals surface area (Å²) in [6.07, 6.45) is 1.17. The molecular formula is C13H19N3O3. The number of amides is 1. The van der Waals surface area contributed by atoms with Crippen LogP contribution in [0.15, 0.2) is 29.4 Å². The van der Waals surface area contributed by atoms with Crippen LogP contribution in [-0.2, 0) is 11.2 Å². The van der Waals surface area contributed by atoms with E-state index in [4.69, 9.17) is 10.9 Å². The lowest BCUT2D eigenvalue weighted by Gasteiger charge is -2.16. The first-order valence-electron chi connectivity index (χ1n) is 6.08. The predicted octanol–water partition coefficient (Wildman–Crippen LogP) is 0.966. The third-order valence-electron chi connectivity index (χ3n) is 2.72. The van der Waals surface area contributed by atoms with Crippen LogP contribution >= 0.6 is 0 Å². The minimum absolute atomic E-state index is 0.0875. The maximum Gasteiger partial charge on any atom is 0.224 e. The van der Waals surface area contributed by atoms with Crippen molar-refractivity contribution in [1.82, 2.24) is 5.32 Å². The van der Waals surface area contributed by atoms with Gasteiger partial charge in [-0.1, -0.05) is 24.2 Å². The molecule has 0 radical (unpaired) electrons. The van der Waals surface area contributed by atoms with Crippen LogP contribution in [0.3, 0.4) is 0 Å². The summed E-state index contributed by atoms with van der Waals surface area (Å²) in [5.74, 6) is 0.0571. The number of nitrogens with one attached hydrogen (secondary N) is 1. The van der Waals surface area contributed by atoms with E-state index in [-0.39, 0.29) is 30.0 Å². The molecule has 1 aromatic rings. The normalized spacial score (nSPS) is 13.0. The average Bonchev–Trinajstić information content (AvgIpc) is 2.37. The number of nitrogens with zero attached hydrogens (tertiary/aromatic N) is 1. The number of hydrogen-bond donors (Lipinski definition) is 4. The van der Waals surface area contributed by atoms with Crippen molar-refractivity contribution in [3.63, 3.8) is 0 Å². The van der Waals surface area contributed by atoms with Crippen molar-refractivity contribution < 1.29 is 15.1 Å². The van der Waals surface area contributed by atoms with Gasteiger partial charge < -0.3 is 21.4 Å². The van der Waals surface area contributed by atoms with E-state index in [1.54, 1.807) is 24.3 Å². The number of carbonyl (C=O) groups excluding carboxylic acids is 1. The molecule has 0 saturated heterocycles. The highest BCUT2D eigenvalue weighted by atomic mass is 16.4. The zero-order valence-electron chi connectivity index (χ0n) is 10.8. The lowest BCUT2D eigenvalue weighted by atomic mass is 10.1. The van der Waals surface area contributed by atoms with Gasteiger partial charge in [-0.15, -0.1) is 0 Å². The molecule has 104 valence electrons. The Kier molecular flexibility index (Phi) is 5.66. The molecular weight excluding hydrogens is 246 g/mol. The van der Waals surface area contributed by atoms with Crippen molar-refractivity contribution in [2.75, 3.05) is 0 Å². The summed E-state index contributed by atoms with van der Waals surface area (Å²) in [5, 5.41) is 23.5. The number of rotatable bonds is 6. The molecule has 19 heavy (non-hydrogen) atoms. The maximum absolute atomic E-state index is 11.8. The summed E-state index contributed by atoms with van der Waals surface area (Å²) >= 11 is 0. The van der Waals surface area contributed by atoms with Gasteiger partial charge in [-0.05, 0) is 24.1 Å². The smallest absolute Gasteiger partial charge is 0.224 e. The van der Waals surface area contributed by atoms with Crippen LogP contribution in [0.25, 0.3) is 0 Å². The van der Waals surface area contributed by atoms with Crippen LogP contribution in [0, 0.1) is 0 Å². The second kappa shape index (κ2) is 7.25. The molecule has 6 heteroatoms. The van der Waals surface area contributed by atoms with Gasteiger partial charge in [-0.2, -0.15) is 0 Å². The molecule has 1 atom stereocenters. The molecule has 0 heterocycles. The van der Waals surface area contributed by atoms with E-state index in [0.29, 0.717) is 12.8 Å². The lowest BCUT2D eigenvalue weighted by molar-refractivity contribution is -0.121. The minimum Gasteiger partial charge on any atom is -0.508 e. The standard InChI is InChI=1S/C13H19N3O3/c1-2-10(8-12(14)16-19)15-13(18)7-9-4-3-5-11(17)6-9/h3-6,10,17,19H,2,7-8H2,1H3,(H2,14,16)(H,15,18). The van der Waals surface area contributed by atoms with Gasteiger partial charge in [0, 0.05) is 12.5 Å². The Morgan fingerprint density at radius 2 is 2.26 bits per heavy atom. The third kappa shape index (κ3) is 5.29. The highest BCUT2D eigenvalue weighted by Crippen LogP contribution is 2.11. The fourth-order valence-electron chi connectivity index (χ4n) is 1.72. The van der Waals surface area contributed by atoms with E-state index in [9.17, 15) is 9.90 Å². The highest BCUT2D eigenvalue weighted by molar-refractivity contribution is 5.82. The third-order valence-corrected chi connectivity index (χ3v) is 2.72. The van der Waals surface area contributed by atoms with Gasteiger partial charge in [-0.3, -0.25) is 4.79 Å². The van der Waals surface area contributed by atoms with Crippen LogP contribution in [0.4, 0.5) is 0 Å². The zero-order chi connectivity index (χ0) is 14.3. The molecule has 1 aromatic carbocycles. The predicted molar refractivity (Wildman–Crippen MR) is 72.1 cm³/mol. The first kappa shape index (κ1) is 14.8. The van der Waals surface area contributed by atoms with Crippen LogP contribution in [-0.4, -0.2) is 28.1 Å². The number of hydrogen-bond acceptors (Lipinski definition) is 4. The number of aromatic hydroxyl groups is 1. The number of phenols is 1. The number of benzene rings is 1. The van der Waals surface area contributed by atoms with Crippen LogP contribution in [0.5, 0.6) is 5.75 Å². The summed E-state index contributed by atoms with van der Waals surface area (Å²) in [5.41, 5.74) is 6.15. The molecule has 0 aromatic heterocycles. The molecule has 1 rings (SSSR count). The van der Waals surface area contributed by atoms with Gasteiger partial charge in [0.1, 0.15) is 11.6 Å². The number of carbonyl (C=O) groups is 1. The number of nitrogens with two attached hydrogens (primary N) is 1. The van der Waals surface area contributed by atoms with E-state index in [0.717, 1.165) is 5.56 Å². The van der Waals surface area contributed by atoms with Crippen molar-refractivity contribution >= 4 is 11.7 Å². The number of amidine groups is 1. The fraction of sp³-hybridized carbons (Fsp3) is 0.385. The Labute approximate surface area is 111 Å². The maximum atomic E-state index is 11.8. The minimum atomic E-state index is -0.166. The second-order valence-corrected chi connectivity index (χ2v) is 4.31.